The number of nitrogens with zero attached hydrogens (tertiary/aromatic N) is 7. The fourth-order valence-electron chi connectivity index (χ4n) is 9.71. The summed E-state index contributed by atoms with van der Waals surface area (Å²) in [7, 11) is 0. The number of hydrogen-bond acceptors (Lipinski definition) is 10. The van der Waals surface area contributed by atoms with Crippen LogP contribution in [0, 0.1) is 23.0 Å². The molecule has 5 aromatic rings. The summed E-state index contributed by atoms with van der Waals surface area (Å²) in [5.74, 6) is -4.11. The highest BCUT2D eigenvalue weighted by Gasteiger charge is 2.38. The number of piperidine rings is 1. The summed E-state index contributed by atoms with van der Waals surface area (Å²) in [5.41, 5.74) is 0.997. The molecule has 2 atom stereocenters. The number of rotatable bonds is 11. The van der Waals surface area contributed by atoms with Gasteiger partial charge in [-0.15, -0.1) is 0 Å². The van der Waals surface area contributed by atoms with Crippen molar-refractivity contribution in [2.24, 2.45) is 0 Å². The quantitative estimate of drug-likeness (QED) is 0.120. The van der Waals surface area contributed by atoms with Crippen LogP contribution in [0.2, 0.25) is 0 Å². The first kappa shape index (κ1) is 43.1. The van der Waals surface area contributed by atoms with Gasteiger partial charge in [0, 0.05) is 73.1 Å². The predicted molar refractivity (Wildman–Crippen MR) is 227 cm³/mol. The molecule has 3 aliphatic rings. The molecule has 326 valence electrons. The molecule has 4 N–H and O–H groups in total. The average Bonchev–Trinajstić information content (AvgIpc) is 3.83. The topological polar surface area (TPSA) is 181 Å². The van der Waals surface area contributed by atoms with E-state index in [0.29, 0.717) is 65.4 Å². The number of aliphatic hydroxyl groups is 2. The molecule has 0 bridgehead atoms. The van der Waals surface area contributed by atoms with Gasteiger partial charge in [-0.1, -0.05) is 0 Å². The number of amides is 3. The number of benzene rings is 2. The third-order valence-electron chi connectivity index (χ3n) is 12.7. The number of nitrogens with one attached hydrogen (secondary N) is 2. The van der Waals surface area contributed by atoms with E-state index < -0.39 is 46.5 Å². The molecule has 3 aromatic heterocycles. The maximum atomic E-state index is 15.3. The number of piperazine rings is 1. The zero-order chi connectivity index (χ0) is 44.1. The predicted octanol–water partition coefficient (Wildman–Crippen LogP) is 5.71. The number of imide groups is 1. The molecule has 2 aromatic carbocycles. The Labute approximate surface area is 358 Å². The summed E-state index contributed by atoms with van der Waals surface area (Å²) in [6.07, 6.45) is 8.16. The Morgan fingerprint density at radius 1 is 0.984 bits per heavy atom. The van der Waals surface area contributed by atoms with Crippen LogP contribution in [0.15, 0.2) is 54.9 Å². The van der Waals surface area contributed by atoms with E-state index in [1.807, 2.05) is 36.9 Å². The fourth-order valence-corrected chi connectivity index (χ4v) is 9.71. The highest BCUT2D eigenvalue weighted by atomic mass is 19.1. The van der Waals surface area contributed by atoms with Gasteiger partial charge in [-0.25, -0.2) is 13.3 Å². The molecule has 5 heterocycles. The van der Waals surface area contributed by atoms with Crippen molar-refractivity contribution in [3.05, 3.63) is 94.4 Å². The second-order valence-corrected chi connectivity index (χ2v) is 18.4. The molecule has 1 saturated carbocycles. The second-order valence-electron chi connectivity index (χ2n) is 18.4. The van der Waals surface area contributed by atoms with Gasteiger partial charge >= 0.3 is 0 Å². The Kier molecular flexibility index (Phi) is 11.8. The minimum Gasteiger partial charge on any atom is -0.390 e. The van der Waals surface area contributed by atoms with E-state index in [1.165, 1.54) is 22.8 Å². The number of fused-ring (bicyclic) bond motifs is 2. The molecular formula is C46H53F2N9O5. The first-order valence-electron chi connectivity index (χ1n) is 21.4. The zero-order valence-electron chi connectivity index (χ0n) is 35.5. The highest BCUT2D eigenvalue weighted by Crippen LogP contribution is 2.37. The SMILES string of the molecule is CC(C)(O)C[C@H]1CN(CCc2cc(F)c([C@H]3CCC(=O)NC3=O)c(F)c2)CCN1C1CCC(n2cc3cc(NC(=O)c4ccc5cc(C#N)cnn45)c(C(C)(C)O)cc3n2)CC1. The number of aromatic nitrogens is 4. The second kappa shape index (κ2) is 16.9. The molecule has 0 unspecified atom stereocenters. The van der Waals surface area contributed by atoms with Gasteiger partial charge < -0.3 is 20.4 Å². The summed E-state index contributed by atoms with van der Waals surface area (Å²) in [4.78, 5) is 42.3. The van der Waals surface area contributed by atoms with Gasteiger partial charge in [-0.3, -0.25) is 29.3 Å². The lowest BCUT2D eigenvalue weighted by Crippen LogP contribution is -2.58. The largest absolute Gasteiger partial charge is 0.390 e. The van der Waals surface area contributed by atoms with Gasteiger partial charge in [0.25, 0.3) is 5.91 Å². The van der Waals surface area contributed by atoms with E-state index in [0.717, 1.165) is 44.2 Å². The van der Waals surface area contributed by atoms with Crippen LogP contribution in [-0.4, -0.2) is 101 Å². The Morgan fingerprint density at radius 3 is 2.39 bits per heavy atom. The number of hydrogen-bond donors (Lipinski definition) is 4. The van der Waals surface area contributed by atoms with Crippen LogP contribution >= 0.6 is 0 Å². The molecular weight excluding hydrogens is 797 g/mol. The number of anilines is 1. The molecule has 0 spiro atoms. The molecule has 16 heteroatoms. The molecule has 2 aliphatic heterocycles. The van der Waals surface area contributed by atoms with E-state index >= 15 is 8.78 Å². The lowest BCUT2D eigenvalue weighted by Gasteiger charge is -2.48. The van der Waals surface area contributed by atoms with Crippen LogP contribution in [0.1, 0.15) is 117 Å². The summed E-state index contributed by atoms with van der Waals surface area (Å²) in [5, 5.41) is 46.6. The Balaban J connectivity index is 0.916. The van der Waals surface area contributed by atoms with Crippen LogP contribution in [0.5, 0.6) is 0 Å². The van der Waals surface area contributed by atoms with E-state index in [-0.39, 0.29) is 36.2 Å². The van der Waals surface area contributed by atoms with Crippen molar-refractivity contribution < 1.29 is 33.4 Å². The van der Waals surface area contributed by atoms with Crippen molar-refractivity contribution >= 4 is 39.8 Å². The molecule has 14 nitrogen and oxygen atoms in total. The molecule has 0 radical (unpaired) electrons. The first-order chi connectivity index (χ1) is 29.4. The Bertz CT molecular complexity index is 2550. The van der Waals surface area contributed by atoms with E-state index in [4.69, 9.17) is 5.10 Å². The molecule has 3 amide bonds. The van der Waals surface area contributed by atoms with Crippen LogP contribution < -0.4 is 10.6 Å². The number of carbonyl (C=O) groups excluding carboxylic acids is 3. The lowest BCUT2D eigenvalue weighted by molar-refractivity contribution is -0.134. The van der Waals surface area contributed by atoms with Crippen LogP contribution in [0.3, 0.4) is 0 Å². The van der Waals surface area contributed by atoms with E-state index in [2.05, 4.69) is 31.6 Å². The van der Waals surface area contributed by atoms with Crippen LogP contribution in [-0.2, 0) is 21.6 Å². The number of halogens is 2. The van der Waals surface area contributed by atoms with Crippen molar-refractivity contribution in [2.75, 3.05) is 31.5 Å². The van der Waals surface area contributed by atoms with Gasteiger partial charge in [0.05, 0.1) is 46.0 Å². The maximum Gasteiger partial charge on any atom is 0.274 e. The first-order valence-corrected chi connectivity index (χ1v) is 21.4. The van der Waals surface area contributed by atoms with Crippen LogP contribution in [0.4, 0.5) is 14.5 Å². The maximum absolute atomic E-state index is 15.3. The number of carbonyl (C=O) groups is 3. The van der Waals surface area contributed by atoms with Crippen molar-refractivity contribution in [1.29, 1.82) is 5.26 Å². The highest BCUT2D eigenvalue weighted by molar-refractivity contribution is 6.05. The Morgan fingerprint density at radius 2 is 1.71 bits per heavy atom. The van der Waals surface area contributed by atoms with Crippen molar-refractivity contribution in [3.8, 4) is 6.07 Å². The van der Waals surface area contributed by atoms with Gasteiger partial charge in [0.15, 0.2) is 0 Å². The smallest absolute Gasteiger partial charge is 0.274 e. The summed E-state index contributed by atoms with van der Waals surface area (Å²) >= 11 is 0. The molecule has 62 heavy (non-hydrogen) atoms. The van der Waals surface area contributed by atoms with Crippen molar-refractivity contribution in [2.45, 2.75) is 114 Å². The van der Waals surface area contributed by atoms with Crippen molar-refractivity contribution in [1.82, 2.24) is 34.5 Å². The lowest BCUT2D eigenvalue weighted by atomic mass is 9.87. The summed E-state index contributed by atoms with van der Waals surface area (Å²) in [6.45, 7) is 9.83. The molecule has 2 saturated heterocycles. The third kappa shape index (κ3) is 9.12. The molecule has 1 aliphatic carbocycles. The van der Waals surface area contributed by atoms with Crippen molar-refractivity contribution in [3.63, 3.8) is 0 Å². The summed E-state index contributed by atoms with van der Waals surface area (Å²) in [6, 6.07) is 13.9. The zero-order valence-corrected chi connectivity index (χ0v) is 35.5. The average molecular weight is 850 g/mol. The van der Waals surface area contributed by atoms with Gasteiger partial charge in [0.2, 0.25) is 11.8 Å². The fraction of sp³-hybridized carbons (Fsp3) is 0.478. The molecule has 3 fully saturated rings. The molecule has 8 rings (SSSR count). The number of nitriles is 1. The van der Waals surface area contributed by atoms with Gasteiger partial charge in [-0.2, -0.15) is 15.5 Å². The van der Waals surface area contributed by atoms with Gasteiger partial charge in [0.1, 0.15) is 23.4 Å². The van der Waals surface area contributed by atoms with E-state index in [9.17, 15) is 29.9 Å². The van der Waals surface area contributed by atoms with E-state index in [1.54, 1.807) is 32.0 Å². The summed E-state index contributed by atoms with van der Waals surface area (Å²) < 4.78 is 34.0. The van der Waals surface area contributed by atoms with Gasteiger partial charge in [-0.05, 0) is 121 Å². The Hall–Kier alpha value is -5.60. The normalized spacial score (nSPS) is 21.9. The minimum atomic E-state index is -1.29. The minimum absolute atomic E-state index is 0.0367. The standard InChI is InChI=1S/C46H53F2N9O5/c1-45(2,61)22-33-26-54(14-13-27-18-36(47)42(37(48)19-27)34-10-12-41(58)52-43(34)59)15-16-55(33)30-5-7-31(8-6-30)56-25-29-20-39(35(46(3,4)62)21-38(29)53-56)51-44(60)40-11-9-32-17-28(23-49)24-50-57(32)40/h9,11,17-21,24-25,30-31,33-34,61-62H,5-8,10,12-16,22,26H2,1-4H3,(H,51,60)(H,52,58,59)/t30?,31?,33-,34+/m0/s1. The third-order valence-corrected chi connectivity index (χ3v) is 12.7. The van der Waals surface area contributed by atoms with Crippen LogP contribution in [0.25, 0.3) is 16.4 Å². The monoisotopic (exact) mass is 849 g/mol.